The van der Waals surface area contributed by atoms with Crippen LogP contribution in [0.2, 0.25) is 0 Å². The first-order chi connectivity index (χ1) is 24.4. The van der Waals surface area contributed by atoms with Gasteiger partial charge in [0.25, 0.3) is 0 Å². The number of carbonyl (C=O) groups excluding carboxylic acids is 1. The largest absolute Gasteiger partial charge is 0.511 e. The van der Waals surface area contributed by atoms with Crippen LogP contribution in [-0.4, -0.2) is 55.2 Å². The van der Waals surface area contributed by atoms with Gasteiger partial charge in [0.2, 0.25) is 0 Å². The minimum Gasteiger partial charge on any atom is -0.511 e. The number of hydrogen-bond donors (Lipinski definition) is 2. The second-order valence-corrected chi connectivity index (χ2v) is 16.8. The predicted molar refractivity (Wildman–Crippen MR) is 205 cm³/mol. The summed E-state index contributed by atoms with van der Waals surface area (Å²) in [5, 5.41) is 15.0. The van der Waals surface area contributed by atoms with Crippen molar-refractivity contribution in [1.82, 2.24) is 5.32 Å². The molecule has 272 valence electrons. The van der Waals surface area contributed by atoms with E-state index in [1.165, 1.54) is 13.5 Å². The molecule has 8 bridgehead atoms. The van der Waals surface area contributed by atoms with E-state index in [1.807, 2.05) is 32.1 Å². The van der Waals surface area contributed by atoms with E-state index >= 15 is 0 Å². The Morgan fingerprint density at radius 3 is 2.29 bits per heavy atom. The summed E-state index contributed by atoms with van der Waals surface area (Å²) in [6, 6.07) is 0. The fourth-order valence-corrected chi connectivity index (χ4v) is 9.70. The van der Waals surface area contributed by atoms with Crippen molar-refractivity contribution in [3.8, 4) is 0 Å². The fraction of sp³-hybridized carbons (Fsp3) is 0.512. The maximum absolute atomic E-state index is 13.6. The molecular formula is C41H52N4O5S. The Morgan fingerprint density at radius 1 is 0.922 bits per heavy atom. The van der Waals surface area contributed by atoms with Gasteiger partial charge in [-0.05, 0) is 86.1 Å². The first-order valence-electron chi connectivity index (χ1n) is 18.6. The molecule has 0 saturated carbocycles. The van der Waals surface area contributed by atoms with Gasteiger partial charge in [-0.3, -0.25) is 4.79 Å². The summed E-state index contributed by atoms with van der Waals surface area (Å²) in [6.07, 6.45) is 14.0. The molecule has 0 unspecified atom stereocenters. The number of methoxy groups -OCH3 is 1. The molecule has 51 heavy (non-hydrogen) atoms. The normalized spacial score (nSPS) is 22.8. The third-order valence-electron chi connectivity index (χ3n) is 11.2. The molecule has 0 amide bonds. The van der Waals surface area contributed by atoms with Crippen molar-refractivity contribution in [2.75, 3.05) is 18.6 Å². The van der Waals surface area contributed by atoms with Crippen LogP contribution in [0.1, 0.15) is 106 Å². The Bertz CT molecular complexity index is 2010. The minimum atomic E-state index is -3.39. The molecule has 0 aromatic heterocycles. The summed E-state index contributed by atoms with van der Waals surface area (Å²) < 4.78 is 32.2. The van der Waals surface area contributed by atoms with Crippen molar-refractivity contribution in [1.29, 1.82) is 0 Å². The van der Waals surface area contributed by atoms with Crippen LogP contribution in [0.4, 0.5) is 0 Å². The fourth-order valence-electron chi connectivity index (χ4n) is 8.11. The van der Waals surface area contributed by atoms with E-state index in [0.717, 1.165) is 99.8 Å². The van der Waals surface area contributed by atoms with Crippen LogP contribution >= 0.6 is 0 Å². The molecular weight excluding hydrogens is 661 g/mol. The highest BCUT2D eigenvalue weighted by molar-refractivity contribution is 7.91. The number of carbonyl (C=O) groups is 1. The first-order valence-corrected chi connectivity index (χ1v) is 20.4. The van der Waals surface area contributed by atoms with E-state index in [4.69, 9.17) is 19.7 Å². The second kappa shape index (κ2) is 14.9. The number of sulfone groups is 1. The molecule has 2 N–H and O–H groups in total. The highest BCUT2D eigenvalue weighted by Crippen LogP contribution is 2.46. The zero-order valence-electron chi connectivity index (χ0n) is 31.2. The molecule has 0 aromatic rings. The number of esters is 1. The van der Waals surface area contributed by atoms with Crippen molar-refractivity contribution >= 4 is 32.9 Å². The number of ether oxygens (including phenoxy) is 1. The van der Waals surface area contributed by atoms with Crippen molar-refractivity contribution in [3.63, 3.8) is 0 Å². The number of fused-ring (bicyclic) bond motifs is 5. The number of aliphatic hydroxyl groups excluding tert-OH is 1. The topological polar surface area (TPSA) is 130 Å². The summed E-state index contributed by atoms with van der Waals surface area (Å²) in [4.78, 5) is 27.6. The van der Waals surface area contributed by atoms with Gasteiger partial charge in [0.1, 0.15) is 5.76 Å². The van der Waals surface area contributed by atoms with Crippen LogP contribution in [0.5, 0.6) is 0 Å². The molecule has 0 radical (unpaired) electrons. The number of nitrogens with one attached hydrogen (secondary N) is 1. The Morgan fingerprint density at radius 2 is 1.59 bits per heavy atom. The van der Waals surface area contributed by atoms with E-state index in [1.54, 1.807) is 0 Å². The number of rotatable bonds is 13. The summed E-state index contributed by atoms with van der Waals surface area (Å²) in [5.74, 6) is 0.0225. The Kier molecular flexibility index (Phi) is 10.7. The van der Waals surface area contributed by atoms with E-state index in [0.29, 0.717) is 42.0 Å². The Hall–Kier alpha value is -4.05. The summed E-state index contributed by atoms with van der Waals surface area (Å²) >= 11 is 0. The number of allylic oxidation sites excluding steroid dienone is 12. The first kappa shape index (κ1) is 36.7. The van der Waals surface area contributed by atoms with Gasteiger partial charge in [-0.2, -0.15) is 0 Å². The molecule has 10 heteroatoms. The molecule has 9 nitrogen and oxygen atoms in total. The van der Waals surface area contributed by atoms with Crippen LogP contribution in [0.25, 0.3) is 0 Å². The zero-order chi connectivity index (χ0) is 36.6. The quantitative estimate of drug-likeness (QED) is 0.146. The number of hydrogen-bond acceptors (Lipinski definition) is 9. The maximum Gasteiger partial charge on any atom is 0.305 e. The summed E-state index contributed by atoms with van der Waals surface area (Å²) in [5.41, 5.74) is 12.6. The zero-order valence-corrected chi connectivity index (χ0v) is 32.0. The third-order valence-corrected chi connectivity index (χ3v) is 12.9. The molecule has 5 heterocycles. The molecule has 0 aromatic carbocycles. The molecule has 5 aliphatic heterocycles. The van der Waals surface area contributed by atoms with Crippen molar-refractivity contribution in [2.45, 2.75) is 106 Å². The highest BCUT2D eigenvalue weighted by atomic mass is 32.2. The lowest BCUT2D eigenvalue weighted by atomic mass is 9.86. The number of nitrogens with zero attached hydrogens (tertiary/aromatic N) is 3. The van der Waals surface area contributed by atoms with Gasteiger partial charge in [-0.25, -0.2) is 23.4 Å². The highest BCUT2D eigenvalue weighted by Gasteiger charge is 2.41. The average Bonchev–Trinajstić information content (AvgIpc) is 3.84. The third kappa shape index (κ3) is 7.21. The lowest BCUT2D eigenvalue weighted by Gasteiger charge is -2.17. The Labute approximate surface area is 303 Å². The van der Waals surface area contributed by atoms with Crippen LogP contribution in [0.15, 0.2) is 106 Å². The predicted octanol–water partition coefficient (Wildman–Crippen LogP) is 8.39. The van der Waals surface area contributed by atoms with Crippen molar-refractivity contribution in [3.05, 3.63) is 91.5 Å². The van der Waals surface area contributed by atoms with Crippen LogP contribution < -0.4 is 5.32 Å². The van der Waals surface area contributed by atoms with Crippen LogP contribution in [0.3, 0.4) is 0 Å². The van der Waals surface area contributed by atoms with Gasteiger partial charge >= 0.3 is 5.97 Å². The minimum absolute atomic E-state index is 0.0159. The summed E-state index contributed by atoms with van der Waals surface area (Å²) in [6.45, 7) is 12.4. The maximum atomic E-state index is 13.6. The average molecular weight is 713 g/mol. The molecule has 0 spiro atoms. The molecule has 6 aliphatic rings. The molecule has 2 atom stereocenters. The second-order valence-electron chi connectivity index (χ2n) is 14.6. The van der Waals surface area contributed by atoms with Gasteiger partial charge in [0.05, 0.1) is 52.8 Å². The van der Waals surface area contributed by atoms with Crippen molar-refractivity contribution in [2.24, 2.45) is 26.8 Å². The van der Waals surface area contributed by atoms with Crippen LogP contribution in [-0.2, 0) is 19.4 Å². The Balaban J connectivity index is 1.47. The monoisotopic (exact) mass is 712 g/mol. The smallest absolute Gasteiger partial charge is 0.305 e. The van der Waals surface area contributed by atoms with Crippen molar-refractivity contribution < 1.29 is 23.1 Å². The number of unbranched alkanes of at least 4 members (excludes halogenated alkanes) is 5. The summed E-state index contributed by atoms with van der Waals surface area (Å²) in [7, 11) is -1.99. The lowest BCUT2D eigenvalue weighted by molar-refractivity contribution is -0.140. The standard InChI is InChI=1S/C41H52N4O5S/c1-8-10-11-12-13-14-17-51(48,49)22-30-25(5)31-19-33-24(4)28(15-16-38(47)50-7)40(44-33)29-18-37(46)39-26(6)34(45-41(29)39)21-35-27(9-2)23(3)32(42-35)20-36(30)43-31/h19-21,24,28,44,46H,8-18,22H2,1-7H3/t24-,28-/m0/s1. The van der Waals surface area contributed by atoms with Gasteiger partial charge < -0.3 is 15.2 Å². The molecule has 1 aliphatic carbocycles. The SMILES string of the molecule is CCCCCCCCS(=O)(=O)CC1=C(C)C2=NC1=CC1=NC(=CC3=C(C)C4=C(O)CC(=C5NC(=C2)[C@@H](C)[C@@H]5CCC(=O)OC)C4=N3)C(CC)=C1C. The van der Waals surface area contributed by atoms with E-state index in [2.05, 4.69) is 33.0 Å². The van der Waals surface area contributed by atoms with Crippen LogP contribution in [0, 0.1) is 11.8 Å². The van der Waals surface area contributed by atoms with Gasteiger partial charge in [0.15, 0.2) is 9.84 Å². The molecule has 1 saturated heterocycles. The molecule has 6 rings (SSSR count). The van der Waals surface area contributed by atoms with Gasteiger partial charge in [0, 0.05) is 47.2 Å². The number of aliphatic imine (C=N–C) groups is 3. The van der Waals surface area contributed by atoms with E-state index in [9.17, 15) is 18.3 Å². The van der Waals surface area contributed by atoms with E-state index < -0.39 is 9.84 Å². The van der Waals surface area contributed by atoms with E-state index in [-0.39, 0.29) is 35.7 Å². The van der Waals surface area contributed by atoms with Gasteiger partial charge in [-0.1, -0.05) is 52.9 Å². The number of aliphatic hydroxyl groups is 1. The lowest BCUT2D eigenvalue weighted by Crippen LogP contribution is -2.16. The molecule has 1 fully saturated rings. The van der Waals surface area contributed by atoms with Gasteiger partial charge in [-0.15, -0.1) is 0 Å².